The normalized spacial score (nSPS) is 30.2. The highest BCUT2D eigenvalue weighted by Crippen LogP contribution is 2.31. The second kappa shape index (κ2) is 6.72. The first-order chi connectivity index (χ1) is 10.2. The van der Waals surface area contributed by atoms with Gasteiger partial charge in [0.2, 0.25) is 0 Å². The fraction of sp³-hybridized carbons (Fsp3) is 0.684. The maximum absolute atomic E-state index is 3.79. The number of anilines is 2. The summed E-state index contributed by atoms with van der Waals surface area (Å²) in [6, 6.07) is 9.78. The van der Waals surface area contributed by atoms with Crippen molar-refractivity contribution in [2.75, 3.05) is 23.3 Å². The first kappa shape index (κ1) is 14.7. The first-order valence-corrected chi connectivity index (χ1v) is 8.85. The molecule has 2 atom stereocenters. The monoisotopic (exact) mass is 286 g/mol. The Morgan fingerprint density at radius 2 is 1.48 bits per heavy atom. The second-order valence-corrected chi connectivity index (χ2v) is 7.15. The van der Waals surface area contributed by atoms with Gasteiger partial charge < -0.3 is 10.2 Å². The van der Waals surface area contributed by atoms with Crippen LogP contribution in [0.15, 0.2) is 24.3 Å². The summed E-state index contributed by atoms with van der Waals surface area (Å²) in [6.07, 6.45) is 8.22. The second-order valence-electron chi connectivity index (χ2n) is 7.15. The summed E-state index contributed by atoms with van der Waals surface area (Å²) < 4.78 is 0. The third kappa shape index (κ3) is 3.53. The number of nitrogens with one attached hydrogen (secondary N) is 1. The number of hydrogen-bond acceptors (Lipinski definition) is 2. The van der Waals surface area contributed by atoms with Gasteiger partial charge in [-0.05, 0) is 68.2 Å². The van der Waals surface area contributed by atoms with Crippen LogP contribution in [0.5, 0.6) is 0 Å². The molecule has 21 heavy (non-hydrogen) atoms. The Morgan fingerprint density at radius 1 is 0.857 bits per heavy atom. The Morgan fingerprint density at radius 3 is 2.10 bits per heavy atom. The van der Waals surface area contributed by atoms with Crippen molar-refractivity contribution in [2.45, 2.75) is 58.4 Å². The molecule has 0 radical (unpaired) electrons. The third-order valence-electron chi connectivity index (χ3n) is 5.47. The predicted molar refractivity (Wildman–Crippen MR) is 92.1 cm³/mol. The van der Waals surface area contributed by atoms with Gasteiger partial charge in [0, 0.05) is 30.5 Å². The molecule has 0 amide bonds. The summed E-state index contributed by atoms with van der Waals surface area (Å²) in [6.45, 7) is 7.25. The van der Waals surface area contributed by atoms with Gasteiger partial charge in [-0.2, -0.15) is 0 Å². The molecule has 1 aromatic carbocycles. The van der Waals surface area contributed by atoms with Crippen molar-refractivity contribution >= 4 is 11.4 Å². The van der Waals surface area contributed by atoms with Crippen LogP contribution >= 0.6 is 0 Å². The topological polar surface area (TPSA) is 15.3 Å². The molecule has 3 rings (SSSR count). The van der Waals surface area contributed by atoms with Crippen molar-refractivity contribution < 1.29 is 0 Å². The number of rotatable bonds is 3. The summed E-state index contributed by atoms with van der Waals surface area (Å²) in [5, 5.41) is 3.79. The van der Waals surface area contributed by atoms with Crippen LogP contribution < -0.4 is 10.2 Å². The van der Waals surface area contributed by atoms with Gasteiger partial charge in [-0.15, -0.1) is 0 Å². The lowest BCUT2D eigenvalue weighted by Gasteiger charge is -2.36. The molecule has 116 valence electrons. The van der Waals surface area contributed by atoms with Crippen molar-refractivity contribution in [3.8, 4) is 0 Å². The van der Waals surface area contributed by atoms with Crippen LogP contribution in [0.25, 0.3) is 0 Å². The van der Waals surface area contributed by atoms with E-state index in [2.05, 4.69) is 48.3 Å². The molecule has 2 heteroatoms. The van der Waals surface area contributed by atoms with Crippen molar-refractivity contribution in [1.82, 2.24) is 0 Å². The minimum absolute atomic E-state index is 0.639. The predicted octanol–water partition coefficient (Wildman–Crippen LogP) is 4.91. The summed E-state index contributed by atoms with van der Waals surface area (Å²) in [5.41, 5.74) is 2.69. The maximum atomic E-state index is 3.79. The van der Waals surface area contributed by atoms with E-state index in [0.29, 0.717) is 6.04 Å². The number of benzene rings is 1. The molecule has 1 aromatic rings. The molecule has 1 saturated heterocycles. The zero-order valence-corrected chi connectivity index (χ0v) is 13.6. The molecule has 0 spiro atoms. The summed E-state index contributed by atoms with van der Waals surface area (Å²) in [4.78, 5) is 2.53. The highest BCUT2D eigenvalue weighted by Gasteiger charge is 2.27. The molecule has 1 aliphatic heterocycles. The van der Waals surface area contributed by atoms with Crippen molar-refractivity contribution in [1.29, 1.82) is 0 Å². The highest BCUT2D eigenvalue weighted by atomic mass is 15.1. The van der Waals surface area contributed by atoms with Crippen LogP contribution in [0.1, 0.15) is 52.4 Å². The molecule has 1 heterocycles. The minimum atomic E-state index is 0.639. The van der Waals surface area contributed by atoms with E-state index in [9.17, 15) is 0 Å². The van der Waals surface area contributed by atoms with Gasteiger partial charge in [-0.25, -0.2) is 0 Å². The molecule has 0 aromatic heterocycles. The van der Waals surface area contributed by atoms with Gasteiger partial charge in [0.15, 0.2) is 0 Å². The van der Waals surface area contributed by atoms with E-state index in [0.717, 1.165) is 11.8 Å². The molecule has 2 aliphatic rings. The van der Waals surface area contributed by atoms with E-state index >= 15 is 0 Å². The Balaban J connectivity index is 1.63. The average molecular weight is 286 g/mol. The summed E-state index contributed by atoms with van der Waals surface area (Å²) in [5.74, 6) is 1.58. The van der Waals surface area contributed by atoms with Gasteiger partial charge >= 0.3 is 0 Å². The van der Waals surface area contributed by atoms with E-state index in [1.807, 2.05) is 0 Å². The Bertz CT molecular complexity index is 423. The van der Waals surface area contributed by atoms with E-state index in [1.165, 1.54) is 63.0 Å². The van der Waals surface area contributed by atoms with Crippen LogP contribution in [0.3, 0.4) is 0 Å². The molecule has 2 fully saturated rings. The van der Waals surface area contributed by atoms with E-state index in [4.69, 9.17) is 0 Å². The quantitative estimate of drug-likeness (QED) is 0.849. The lowest BCUT2D eigenvalue weighted by molar-refractivity contribution is 0.268. The fourth-order valence-corrected chi connectivity index (χ4v) is 4.08. The van der Waals surface area contributed by atoms with Crippen LogP contribution in [-0.4, -0.2) is 19.1 Å². The smallest absolute Gasteiger partial charge is 0.0367 e. The standard InChI is InChI=1S/C19H30N2/c1-15-7-6-8-16(2)19(15)20-17-9-11-18(12-10-17)21-13-4-3-5-14-21/h9-12,15-16,19-20H,3-8,13-14H2,1-2H3. The molecule has 1 aliphatic carbocycles. The molecule has 2 unspecified atom stereocenters. The molecular formula is C19H30N2. The highest BCUT2D eigenvalue weighted by molar-refractivity contribution is 5.55. The van der Waals surface area contributed by atoms with Crippen LogP contribution in [0.4, 0.5) is 11.4 Å². The van der Waals surface area contributed by atoms with Crippen LogP contribution in [-0.2, 0) is 0 Å². The summed E-state index contributed by atoms with van der Waals surface area (Å²) in [7, 11) is 0. The number of piperidine rings is 1. The largest absolute Gasteiger partial charge is 0.382 e. The Hall–Kier alpha value is -1.18. The fourth-order valence-electron chi connectivity index (χ4n) is 4.08. The van der Waals surface area contributed by atoms with E-state index in [-0.39, 0.29) is 0 Å². The molecule has 1 saturated carbocycles. The van der Waals surface area contributed by atoms with Crippen molar-refractivity contribution in [3.05, 3.63) is 24.3 Å². The van der Waals surface area contributed by atoms with E-state index in [1.54, 1.807) is 0 Å². The zero-order valence-electron chi connectivity index (χ0n) is 13.6. The minimum Gasteiger partial charge on any atom is -0.382 e. The lowest BCUT2D eigenvalue weighted by Crippen LogP contribution is -2.37. The third-order valence-corrected chi connectivity index (χ3v) is 5.47. The van der Waals surface area contributed by atoms with Crippen molar-refractivity contribution in [3.63, 3.8) is 0 Å². The SMILES string of the molecule is CC1CCCC(C)C1Nc1ccc(N2CCCCC2)cc1. The maximum Gasteiger partial charge on any atom is 0.0367 e. The summed E-state index contributed by atoms with van der Waals surface area (Å²) >= 11 is 0. The van der Waals surface area contributed by atoms with Gasteiger partial charge in [0.25, 0.3) is 0 Å². The lowest BCUT2D eigenvalue weighted by atomic mass is 9.78. The van der Waals surface area contributed by atoms with Gasteiger partial charge in [-0.1, -0.05) is 20.3 Å². The first-order valence-electron chi connectivity index (χ1n) is 8.85. The molecular weight excluding hydrogens is 256 g/mol. The Kier molecular flexibility index (Phi) is 4.72. The number of nitrogens with zero attached hydrogens (tertiary/aromatic N) is 1. The van der Waals surface area contributed by atoms with Crippen LogP contribution in [0, 0.1) is 11.8 Å². The van der Waals surface area contributed by atoms with Crippen LogP contribution in [0.2, 0.25) is 0 Å². The van der Waals surface area contributed by atoms with E-state index < -0.39 is 0 Å². The zero-order chi connectivity index (χ0) is 14.7. The Labute approximate surface area is 129 Å². The number of hydrogen-bond donors (Lipinski definition) is 1. The van der Waals surface area contributed by atoms with Gasteiger partial charge in [-0.3, -0.25) is 0 Å². The molecule has 2 nitrogen and oxygen atoms in total. The van der Waals surface area contributed by atoms with Crippen molar-refractivity contribution in [2.24, 2.45) is 11.8 Å². The van der Waals surface area contributed by atoms with Gasteiger partial charge in [0.1, 0.15) is 0 Å². The van der Waals surface area contributed by atoms with Gasteiger partial charge in [0.05, 0.1) is 0 Å². The molecule has 0 bridgehead atoms. The average Bonchev–Trinajstić information content (AvgIpc) is 2.53. The molecule has 1 N–H and O–H groups in total.